The predicted octanol–water partition coefficient (Wildman–Crippen LogP) is 5.02. The molecule has 27 heavy (non-hydrogen) atoms. The normalized spacial score (nSPS) is 14.2. The molecule has 7 heteroatoms. The molecule has 0 spiro atoms. The van der Waals surface area contributed by atoms with Gasteiger partial charge in [0.1, 0.15) is 18.1 Å². The monoisotopic (exact) mass is 437 g/mol. The number of ether oxygens (including phenoxy) is 4. The summed E-state index contributed by atoms with van der Waals surface area (Å²) in [5.41, 5.74) is 3.23. The quantitative estimate of drug-likeness (QED) is 0.426. The summed E-state index contributed by atoms with van der Waals surface area (Å²) in [5, 5.41) is 4.16. The summed E-state index contributed by atoms with van der Waals surface area (Å²) in [4.78, 5) is 0. The van der Waals surface area contributed by atoms with Crippen molar-refractivity contribution in [3.63, 3.8) is 0 Å². The van der Waals surface area contributed by atoms with E-state index in [9.17, 15) is 0 Å². The lowest BCUT2D eigenvalue weighted by Crippen LogP contribution is -2.16. The highest BCUT2D eigenvalue weighted by Gasteiger charge is 2.24. The maximum Gasteiger partial charge on any atom is 0.201 e. The van der Waals surface area contributed by atoms with E-state index in [0.717, 1.165) is 21.2 Å². The molecule has 0 amide bonds. The van der Waals surface area contributed by atoms with Gasteiger partial charge in [-0.1, -0.05) is 33.2 Å². The van der Waals surface area contributed by atoms with E-state index in [4.69, 9.17) is 23.5 Å². The molecule has 146 valence electrons. The van der Waals surface area contributed by atoms with Crippen LogP contribution in [0.2, 0.25) is 0 Å². The molecule has 1 atom stereocenters. The fraction of sp³-hybridized carbons (Fsp3) is 0.350. The van der Waals surface area contributed by atoms with Crippen molar-refractivity contribution >= 4 is 21.5 Å². The topological polar surface area (TPSA) is 63.0 Å². The van der Waals surface area contributed by atoms with Gasteiger partial charge in [0, 0.05) is 28.3 Å². The molecule has 0 aliphatic heterocycles. The van der Waals surface area contributed by atoms with Crippen LogP contribution in [0.5, 0.6) is 0 Å². The number of allylic oxidation sites excluding steroid dienone is 1. The van der Waals surface area contributed by atoms with Gasteiger partial charge in [0.15, 0.2) is 11.5 Å². The van der Waals surface area contributed by atoms with Crippen molar-refractivity contribution in [2.24, 2.45) is 0 Å². The zero-order valence-electron chi connectivity index (χ0n) is 16.3. The minimum atomic E-state index is -0.309. The molecule has 1 aromatic carbocycles. The smallest absolute Gasteiger partial charge is 0.201 e. The molecule has 1 heterocycles. The van der Waals surface area contributed by atoms with Gasteiger partial charge >= 0.3 is 0 Å². The molecule has 0 bridgehead atoms. The van der Waals surface area contributed by atoms with Crippen LogP contribution in [0.1, 0.15) is 19.4 Å². The largest absolute Gasteiger partial charge is 0.494 e. The van der Waals surface area contributed by atoms with Gasteiger partial charge < -0.3 is 23.5 Å². The number of rotatable bonds is 8. The Hall–Kier alpha value is -2.25. The van der Waals surface area contributed by atoms with E-state index >= 15 is 0 Å². The summed E-state index contributed by atoms with van der Waals surface area (Å²) < 4.78 is 28.4. The first-order valence-electron chi connectivity index (χ1n) is 8.29. The van der Waals surface area contributed by atoms with Gasteiger partial charge in [-0.2, -0.15) is 0 Å². The summed E-state index contributed by atoms with van der Waals surface area (Å²) in [6, 6.07) is 7.83. The standard InChI is InChI=1S/C20H24BrNO5/c1-12(18(24-4)20(26-6)19(25-5)13(2)23-3)16-11-27-22-17(16)14-7-9-15(21)10-8-14/h7-11,13H,1-6H3/b18-12-,20-19-. The molecule has 6 nitrogen and oxygen atoms in total. The molecule has 2 rings (SSSR count). The summed E-state index contributed by atoms with van der Waals surface area (Å²) in [6.07, 6.45) is 1.28. The van der Waals surface area contributed by atoms with E-state index in [1.54, 1.807) is 34.7 Å². The summed E-state index contributed by atoms with van der Waals surface area (Å²) in [5.74, 6) is 1.49. The Bertz CT molecular complexity index is 823. The van der Waals surface area contributed by atoms with Crippen LogP contribution < -0.4 is 0 Å². The van der Waals surface area contributed by atoms with E-state index in [2.05, 4.69) is 21.1 Å². The van der Waals surface area contributed by atoms with Crippen LogP contribution >= 0.6 is 15.9 Å². The van der Waals surface area contributed by atoms with Crippen LogP contribution in [0, 0.1) is 0 Å². The average molecular weight is 438 g/mol. The van der Waals surface area contributed by atoms with Crippen LogP contribution in [-0.4, -0.2) is 39.7 Å². The molecule has 1 unspecified atom stereocenters. The first-order chi connectivity index (χ1) is 13.0. The second-order valence-electron chi connectivity index (χ2n) is 5.72. The van der Waals surface area contributed by atoms with E-state index in [1.165, 1.54) is 0 Å². The summed E-state index contributed by atoms with van der Waals surface area (Å²) in [7, 11) is 6.31. The van der Waals surface area contributed by atoms with E-state index < -0.39 is 0 Å². The molecule has 0 aliphatic rings. The van der Waals surface area contributed by atoms with E-state index in [0.29, 0.717) is 23.0 Å². The SMILES string of the molecule is COC(/C(OC)=C(/OC)C(C)OC)=C(/C)c1conc1-c1ccc(Br)cc1. The summed E-state index contributed by atoms with van der Waals surface area (Å²) >= 11 is 3.44. The van der Waals surface area contributed by atoms with Gasteiger partial charge in [-0.25, -0.2) is 0 Å². The Kier molecular flexibility index (Phi) is 7.50. The second-order valence-corrected chi connectivity index (χ2v) is 6.64. The molecular formula is C20H24BrNO5. The van der Waals surface area contributed by atoms with Crippen molar-refractivity contribution in [2.45, 2.75) is 20.0 Å². The maximum atomic E-state index is 5.66. The van der Waals surface area contributed by atoms with Crippen LogP contribution in [-0.2, 0) is 18.9 Å². The Balaban J connectivity index is 2.62. The molecule has 0 saturated heterocycles. The number of methoxy groups -OCH3 is 4. The first-order valence-corrected chi connectivity index (χ1v) is 9.08. The van der Waals surface area contributed by atoms with Crippen molar-refractivity contribution in [1.82, 2.24) is 5.16 Å². The molecule has 1 aromatic heterocycles. The molecule has 0 aliphatic carbocycles. The fourth-order valence-electron chi connectivity index (χ4n) is 2.71. The zero-order valence-corrected chi connectivity index (χ0v) is 17.9. The number of hydrogen-bond acceptors (Lipinski definition) is 6. The van der Waals surface area contributed by atoms with E-state index in [1.807, 2.05) is 38.1 Å². The number of aromatic nitrogens is 1. The van der Waals surface area contributed by atoms with Crippen LogP contribution in [0.4, 0.5) is 0 Å². The molecule has 2 aromatic rings. The Labute approximate surface area is 167 Å². The lowest BCUT2D eigenvalue weighted by molar-refractivity contribution is 0.0753. The molecule has 0 N–H and O–H groups in total. The second kappa shape index (κ2) is 9.62. The number of hydrogen-bond donors (Lipinski definition) is 0. The maximum absolute atomic E-state index is 5.66. The zero-order chi connectivity index (χ0) is 20.0. The lowest BCUT2D eigenvalue weighted by Gasteiger charge is -2.20. The van der Waals surface area contributed by atoms with Crippen LogP contribution in [0.25, 0.3) is 16.8 Å². The van der Waals surface area contributed by atoms with E-state index in [-0.39, 0.29) is 6.10 Å². The number of nitrogens with zero attached hydrogens (tertiary/aromatic N) is 1. The summed E-state index contributed by atoms with van der Waals surface area (Å²) in [6.45, 7) is 3.78. The third-order valence-electron chi connectivity index (χ3n) is 4.21. The van der Waals surface area contributed by atoms with Gasteiger partial charge in [0.25, 0.3) is 0 Å². The predicted molar refractivity (Wildman–Crippen MR) is 107 cm³/mol. The van der Waals surface area contributed by atoms with Gasteiger partial charge in [0.05, 0.1) is 21.3 Å². The average Bonchev–Trinajstić information content (AvgIpc) is 3.17. The van der Waals surface area contributed by atoms with Crippen LogP contribution in [0.3, 0.4) is 0 Å². The number of halogens is 1. The van der Waals surface area contributed by atoms with Gasteiger partial charge in [-0.05, 0) is 26.0 Å². The third kappa shape index (κ3) is 4.54. The molecule has 0 fully saturated rings. The minimum absolute atomic E-state index is 0.309. The Morgan fingerprint density at radius 1 is 1.00 bits per heavy atom. The molecular weight excluding hydrogens is 414 g/mol. The Morgan fingerprint density at radius 2 is 1.63 bits per heavy atom. The van der Waals surface area contributed by atoms with Crippen molar-refractivity contribution in [3.05, 3.63) is 57.8 Å². The van der Waals surface area contributed by atoms with Crippen molar-refractivity contribution < 1.29 is 23.5 Å². The van der Waals surface area contributed by atoms with Crippen molar-refractivity contribution in [1.29, 1.82) is 0 Å². The van der Waals surface area contributed by atoms with Crippen molar-refractivity contribution in [3.8, 4) is 11.3 Å². The highest BCUT2D eigenvalue weighted by atomic mass is 79.9. The molecule has 0 radical (unpaired) electrons. The molecule has 0 saturated carbocycles. The van der Waals surface area contributed by atoms with Crippen molar-refractivity contribution in [2.75, 3.05) is 28.4 Å². The fourth-order valence-corrected chi connectivity index (χ4v) is 2.98. The minimum Gasteiger partial charge on any atom is -0.494 e. The Morgan fingerprint density at radius 3 is 2.15 bits per heavy atom. The van der Waals surface area contributed by atoms with Gasteiger partial charge in [0.2, 0.25) is 5.76 Å². The number of benzene rings is 1. The first kappa shape index (κ1) is 21.1. The van der Waals surface area contributed by atoms with Gasteiger partial charge in [-0.15, -0.1) is 0 Å². The highest BCUT2D eigenvalue weighted by molar-refractivity contribution is 9.10. The highest BCUT2D eigenvalue weighted by Crippen LogP contribution is 2.34. The van der Waals surface area contributed by atoms with Crippen LogP contribution in [0.15, 0.2) is 56.8 Å². The van der Waals surface area contributed by atoms with Gasteiger partial charge in [-0.3, -0.25) is 0 Å². The lowest BCUT2D eigenvalue weighted by atomic mass is 10.0. The third-order valence-corrected chi connectivity index (χ3v) is 4.74.